The molecule has 18 heavy (non-hydrogen) atoms. The van der Waals surface area contributed by atoms with E-state index in [1.807, 2.05) is 0 Å². The van der Waals surface area contributed by atoms with Gasteiger partial charge in [-0.2, -0.15) is 5.26 Å². The summed E-state index contributed by atoms with van der Waals surface area (Å²) in [6, 6.07) is 11.3. The van der Waals surface area contributed by atoms with E-state index in [2.05, 4.69) is 56.0 Å². The van der Waals surface area contributed by atoms with Crippen molar-refractivity contribution in [3.63, 3.8) is 0 Å². The number of nitrogens with zero attached hydrogens (tertiary/aromatic N) is 2. The fraction of sp³-hybridized carbons (Fsp3) is 0.562. The maximum atomic E-state index is 9.30. The molecule has 1 fully saturated rings. The molecule has 0 aliphatic carbocycles. The highest BCUT2D eigenvalue weighted by molar-refractivity contribution is 5.51. The Balaban J connectivity index is 2.28. The van der Waals surface area contributed by atoms with E-state index >= 15 is 0 Å². The molecule has 96 valence electrons. The summed E-state index contributed by atoms with van der Waals surface area (Å²) in [7, 11) is 0. The molecule has 1 aromatic rings. The predicted molar refractivity (Wildman–Crippen MR) is 75.6 cm³/mol. The zero-order valence-corrected chi connectivity index (χ0v) is 11.6. The van der Waals surface area contributed by atoms with Crippen LogP contribution >= 0.6 is 0 Å². The van der Waals surface area contributed by atoms with Crippen LogP contribution in [0.4, 0.5) is 5.69 Å². The largest absolute Gasteiger partial charge is 0.365 e. The van der Waals surface area contributed by atoms with Crippen molar-refractivity contribution < 1.29 is 0 Å². The lowest BCUT2D eigenvalue weighted by atomic mass is 9.79. The average Bonchev–Trinajstić information content (AvgIpc) is 2.38. The first-order valence-electron chi connectivity index (χ1n) is 6.85. The average molecular weight is 242 g/mol. The standard InChI is InChI=1S/C16H22N2/c1-4-13-7-9-15(10-8-13)18-11-5-6-14(12-17)16(18,2)3/h7-10,14H,4-6,11H2,1-3H3. The molecule has 2 heteroatoms. The quantitative estimate of drug-likeness (QED) is 0.789. The molecule has 1 unspecified atom stereocenters. The highest BCUT2D eigenvalue weighted by atomic mass is 15.2. The number of aryl methyl sites for hydroxylation is 1. The van der Waals surface area contributed by atoms with Gasteiger partial charge in [-0.3, -0.25) is 0 Å². The smallest absolute Gasteiger partial charge is 0.0690 e. The Hall–Kier alpha value is -1.49. The van der Waals surface area contributed by atoms with Gasteiger partial charge in [-0.05, 0) is 50.8 Å². The van der Waals surface area contributed by atoms with E-state index in [4.69, 9.17) is 0 Å². The molecule has 2 rings (SSSR count). The molecule has 0 aromatic heterocycles. The Morgan fingerprint density at radius 1 is 1.33 bits per heavy atom. The first kappa shape index (κ1) is 13.0. The predicted octanol–water partition coefficient (Wildman–Crippen LogP) is 3.77. The van der Waals surface area contributed by atoms with E-state index in [1.54, 1.807) is 0 Å². The van der Waals surface area contributed by atoms with E-state index in [9.17, 15) is 5.26 Å². The van der Waals surface area contributed by atoms with Crippen LogP contribution in [0.25, 0.3) is 0 Å². The van der Waals surface area contributed by atoms with Gasteiger partial charge in [-0.1, -0.05) is 19.1 Å². The molecule has 1 heterocycles. The van der Waals surface area contributed by atoms with Gasteiger partial charge < -0.3 is 4.90 Å². The highest BCUT2D eigenvalue weighted by Gasteiger charge is 2.38. The number of nitriles is 1. The zero-order chi connectivity index (χ0) is 13.2. The fourth-order valence-corrected chi connectivity index (χ4v) is 2.88. The lowest BCUT2D eigenvalue weighted by Crippen LogP contribution is -2.53. The summed E-state index contributed by atoms with van der Waals surface area (Å²) in [5, 5.41) is 9.30. The van der Waals surface area contributed by atoms with Crippen molar-refractivity contribution in [3.8, 4) is 6.07 Å². The Bertz CT molecular complexity index is 439. The maximum Gasteiger partial charge on any atom is 0.0690 e. The van der Waals surface area contributed by atoms with Gasteiger partial charge in [0.05, 0.1) is 17.5 Å². The van der Waals surface area contributed by atoms with Gasteiger partial charge in [0.25, 0.3) is 0 Å². The minimum atomic E-state index is -0.0687. The van der Waals surface area contributed by atoms with Gasteiger partial charge in [0.1, 0.15) is 0 Å². The first-order valence-corrected chi connectivity index (χ1v) is 6.85. The molecule has 0 amide bonds. The molecule has 1 aliphatic rings. The van der Waals surface area contributed by atoms with Crippen molar-refractivity contribution in [1.29, 1.82) is 5.26 Å². The summed E-state index contributed by atoms with van der Waals surface area (Å²) in [4.78, 5) is 2.39. The molecule has 0 spiro atoms. The van der Waals surface area contributed by atoms with Crippen molar-refractivity contribution in [3.05, 3.63) is 29.8 Å². The van der Waals surface area contributed by atoms with Crippen LogP contribution in [0.3, 0.4) is 0 Å². The summed E-state index contributed by atoms with van der Waals surface area (Å²) in [5.41, 5.74) is 2.54. The summed E-state index contributed by atoms with van der Waals surface area (Å²) >= 11 is 0. The molecule has 0 saturated carbocycles. The Morgan fingerprint density at radius 3 is 2.56 bits per heavy atom. The van der Waals surface area contributed by atoms with E-state index in [0.717, 1.165) is 25.8 Å². The molecule has 1 atom stereocenters. The molecule has 1 saturated heterocycles. The van der Waals surface area contributed by atoms with Crippen LogP contribution in [0.5, 0.6) is 0 Å². The molecule has 0 radical (unpaired) electrons. The second-order valence-corrected chi connectivity index (χ2v) is 5.65. The minimum Gasteiger partial charge on any atom is -0.365 e. The van der Waals surface area contributed by atoms with Crippen LogP contribution in [0, 0.1) is 17.2 Å². The van der Waals surface area contributed by atoms with Gasteiger partial charge in [-0.25, -0.2) is 0 Å². The number of hydrogen-bond donors (Lipinski definition) is 0. The lowest BCUT2D eigenvalue weighted by Gasteiger charge is -2.47. The topological polar surface area (TPSA) is 27.0 Å². The van der Waals surface area contributed by atoms with Crippen molar-refractivity contribution in [2.24, 2.45) is 5.92 Å². The number of anilines is 1. The third-order valence-corrected chi connectivity index (χ3v) is 4.24. The number of piperidine rings is 1. The van der Waals surface area contributed by atoms with E-state index in [-0.39, 0.29) is 11.5 Å². The minimum absolute atomic E-state index is 0.0687. The number of rotatable bonds is 2. The zero-order valence-electron chi connectivity index (χ0n) is 11.6. The SMILES string of the molecule is CCc1ccc(N2CCCC(C#N)C2(C)C)cc1. The number of hydrogen-bond acceptors (Lipinski definition) is 2. The molecule has 1 aliphatic heterocycles. The summed E-state index contributed by atoms with van der Waals surface area (Å²) in [6.07, 6.45) is 3.20. The van der Waals surface area contributed by atoms with E-state index in [0.29, 0.717) is 0 Å². The lowest BCUT2D eigenvalue weighted by molar-refractivity contribution is 0.292. The van der Waals surface area contributed by atoms with Gasteiger partial charge in [0.2, 0.25) is 0 Å². The summed E-state index contributed by atoms with van der Waals surface area (Å²) in [5.74, 6) is 0.122. The van der Waals surface area contributed by atoms with Gasteiger partial charge >= 0.3 is 0 Å². The molecule has 1 aromatic carbocycles. The van der Waals surface area contributed by atoms with Crippen molar-refractivity contribution in [2.45, 2.75) is 45.6 Å². The van der Waals surface area contributed by atoms with Crippen LogP contribution in [0.15, 0.2) is 24.3 Å². The Morgan fingerprint density at radius 2 is 2.00 bits per heavy atom. The molecular formula is C16H22N2. The maximum absolute atomic E-state index is 9.30. The van der Waals surface area contributed by atoms with Gasteiger partial charge in [0, 0.05) is 12.2 Å². The van der Waals surface area contributed by atoms with Crippen LogP contribution in [0.2, 0.25) is 0 Å². The third-order valence-electron chi connectivity index (χ3n) is 4.24. The molecule has 2 nitrogen and oxygen atoms in total. The highest BCUT2D eigenvalue weighted by Crippen LogP contribution is 2.36. The van der Waals surface area contributed by atoms with Crippen molar-refractivity contribution in [2.75, 3.05) is 11.4 Å². The summed E-state index contributed by atoms with van der Waals surface area (Å²) < 4.78 is 0. The second-order valence-electron chi connectivity index (χ2n) is 5.65. The van der Waals surface area contributed by atoms with Gasteiger partial charge in [0.15, 0.2) is 0 Å². The second kappa shape index (κ2) is 5.02. The van der Waals surface area contributed by atoms with Crippen molar-refractivity contribution in [1.82, 2.24) is 0 Å². The van der Waals surface area contributed by atoms with E-state index in [1.165, 1.54) is 11.3 Å². The van der Waals surface area contributed by atoms with E-state index < -0.39 is 0 Å². The Kier molecular flexibility index (Phi) is 3.61. The molecule has 0 bridgehead atoms. The van der Waals surface area contributed by atoms with Gasteiger partial charge in [-0.15, -0.1) is 0 Å². The Labute approximate surface area is 110 Å². The van der Waals surface area contributed by atoms with Crippen LogP contribution in [-0.4, -0.2) is 12.1 Å². The van der Waals surface area contributed by atoms with Crippen LogP contribution in [-0.2, 0) is 6.42 Å². The normalized spacial score (nSPS) is 22.6. The summed E-state index contributed by atoms with van der Waals surface area (Å²) in [6.45, 7) is 7.60. The van der Waals surface area contributed by atoms with Crippen LogP contribution in [0.1, 0.15) is 39.2 Å². The van der Waals surface area contributed by atoms with Crippen molar-refractivity contribution >= 4 is 5.69 Å². The monoisotopic (exact) mass is 242 g/mol. The third kappa shape index (κ3) is 2.22. The molecule has 0 N–H and O–H groups in total. The van der Waals surface area contributed by atoms with Crippen LogP contribution < -0.4 is 4.90 Å². The molecular weight excluding hydrogens is 220 g/mol. The fourth-order valence-electron chi connectivity index (χ4n) is 2.88. The number of benzene rings is 1. The first-order chi connectivity index (χ1) is 8.59.